The SMILES string of the molecule is Cc1nc2c(OC(F)F)cccc2c(N)c1C(C)C. The quantitative estimate of drug-likeness (QED) is 0.917. The van der Waals surface area contributed by atoms with Gasteiger partial charge >= 0.3 is 6.61 Å². The largest absolute Gasteiger partial charge is 0.432 e. The molecule has 0 bridgehead atoms. The van der Waals surface area contributed by atoms with Gasteiger partial charge in [0.15, 0.2) is 5.75 Å². The summed E-state index contributed by atoms with van der Waals surface area (Å²) in [6.45, 7) is 2.99. The molecule has 1 aromatic carbocycles. The van der Waals surface area contributed by atoms with Gasteiger partial charge in [0.2, 0.25) is 0 Å². The summed E-state index contributed by atoms with van der Waals surface area (Å²) in [6, 6.07) is 4.87. The molecular weight excluding hydrogens is 250 g/mol. The predicted octanol–water partition coefficient (Wildman–Crippen LogP) is 3.85. The number of alkyl halides is 2. The van der Waals surface area contributed by atoms with E-state index in [2.05, 4.69) is 9.72 Å². The van der Waals surface area contributed by atoms with Crippen molar-refractivity contribution in [3.63, 3.8) is 0 Å². The second-order valence-electron chi connectivity index (χ2n) is 4.71. The van der Waals surface area contributed by atoms with E-state index < -0.39 is 6.61 Å². The van der Waals surface area contributed by atoms with Gasteiger partial charge in [0.05, 0.1) is 0 Å². The van der Waals surface area contributed by atoms with Crippen LogP contribution in [0.5, 0.6) is 5.75 Å². The van der Waals surface area contributed by atoms with Crippen LogP contribution in [-0.2, 0) is 0 Å². The molecule has 0 saturated carbocycles. The molecule has 0 fully saturated rings. The van der Waals surface area contributed by atoms with E-state index in [1.54, 1.807) is 12.1 Å². The van der Waals surface area contributed by atoms with Crippen molar-refractivity contribution in [2.45, 2.75) is 33.3 Å². The average molecular weight is 266 g/mol. The molecule has 102 valence electrons. The highest BCUT2D eigenvalue weighted by Crippen LogP contribution is 2.35. The second-order valence-corrected chi connectivity index (χ2v) is 4.71. The van der Waals surface area contributed by atoms with Gasteiger partial charge in [-0.15, -0.1) is 0 Å². The molecule has 0 saturated heterocycles. The van der Waals surface area contributed by atoms with Crippen LogP contribution >= 0.6 is 0 Å². The Labute approximate surface area is 110 Å². The second kappa shape index (κ2) is 4.99. The van der Waals surface area contributed by atoms with Crippen molar-refractivity contribution in [1.29, 1.82) is 0 Å². The minimum absolute atomic E-state index is 0.0533. The van der Waals surface area contributed by atoms with E-state index in [0.717, 1.165) is 11.3 Å². The van der Waals surface area contributed by atoms with Gasteiger partial charge in [-0.1, -0.05) is 26.0 Å². The van der Waals surface area contributed by atoms with Crippen LogP contribution in [0.3, 0.4) is 0 Å². The number of rotatable bonds is 3. The van der Waals surface area contributed by atoms with Crippen LogP contribution in [0, 0.1) is 6.92 Å². The molecule has 19 heavy (non-hydrogen) atoms. The number of fused-ring (bicyclic) bond motifs is 1. The lowest BCUT2D eigenvalue weighted by molar-refractivity contribution is -0.0489. The van der Waals surface area contributed by atoms with Crippen LogP contribution in [0.4, 0.5) is 14.5 Å². The van der Waals surface area contributed by atoms with Crippen LogP contribution in [0.25, 0.3) is 10.9 Å². The fraction of sp³-hybridized carbons (Fsp3) is 0.357. The molecule has 5 heteroatoms. The lowest BCUT2D eigenvalue weighted by atomic mass is 9.97. The number of hydrogen-bond acceptors (Lipinski definition) is 3. The molecule has 0 aliphatic carbocycles. The normalized spacial score (nSPS) is 11.5. The van der Waals surface area contributed by atoms with E-state index >= 15 is 0 Å². The van der Waals surface area contributed by atoms with Gasteiger partial charge in [-0.25, -0.2) is 4.98 Å². The van der Waals surface area contributed by atoms with E-state index in [1.807, 2.05) is 20.8 Å². The van der Waals surface area contributed by atoms with E-state index in [0.29, 0.717) is 16.6 Å². The summed E-state index contributed by atoms with van der Waals surface area (Å²) in [5.74, 6) is 0.272. The molecule has 0 radical (unpaired) electrons. The Kier molecular flexibility index (Phi) is 3.55. The summed E-state index contributed by atoms with van der Waals surface area (Å²) in [5.41, 5.74) is 8.78. The van der Waals surface area contributed by atoms with E-state index in [-0.39, 0.29) is 11.7 Å². The standard InChI is InChI=1S/C14H16F2N2O/c1-7(2)11-8(3)18-13-9(12(11)17)5-4-6-10(13)19-14(15)16/h4-7,14H,1-3H3,(H2,17,18). The van der Waals surface area contributed by atoms with E-state index in [9.17, 15) is 8.78 Å². The number of aromatic nitrogens is 1. The smallest absolute Gasteiger partial charge is 0.387 e. The molecule has 2 rings (SSSR count). The zero-order chi connectivity index (χ0) is 14.2. The molecule has 2 N–H and O–H groups in total. The zero-order valence-electron chi connectivity index (χ0n) is 11.1. The molecular formula is C14H16F2N2O. The van der Waals surface area contributed by atoms with Crippen molar-refractivity contribution in [3.8, 4) is 5.75 Å². The number of anilines is 1. The molecule has 1 aromatic heterocycles. The van der Waals surface area contributed by atoms with Gasteiger partial charge in [-0.05, 0) is 24.5 Å². The van der Waals surface area contributed by atoms with Crippen LogP contribution in [0.15, 0.2) is 18.2 Å². The molecule has 0 spiro atoms. The zero-order valence-corrected chi connectivity index (χ0v) is 11.1. The third-order valence-corrected chi connectivity index (χ3v) is 3.04. The maximum absolute atomic E-state index is 12.4. The maximum atomic E-state index is 12.4. The average Bonchev–Trinajstić information content (AvgIpc) is 2.29. The maximum Gasteiger partial charge on any atom is 0.387 e. The van der Waals surface area contributed by atoms with Gasteiger partial charge in [0.25, 0.3) is 0 Å². The minimum atomic E-state index is -2.88. The molecule has 3 nitrogen and oxygen atoms in total. The van der Waals surface area contributed by atoms with Gasteiger partial charge < -0.3 is 10.5 Å². The summed E-state index contributed by atoms with van der Waals surface area (Å²) < 4.78 is 29.2. The molecule has 0 aliphatic heterocycles. The molecule has 0 amide bonds. The number of para-hydroxylation sites is 1. The number of nitrogens with zero attached hydrogens (tertiary/aromatic N) is 1. The first-order chi connectivity index (χ1) is 8.91. The van der Waals surface area contributed by atoms with Crippen molar-refractivity contribution < 1.29 is 13.5 Å². The highest BCUT2D eigenvalue weighted by Gasteiger charge is 2.16. The highest BCUT2D eigenvalue weighted by molar-refractivity contribution is 5.95. The molecule has 2 aromatic rings. The number of hydrogen-bond donors (Lipinski definition) is 1. The Morgan fingerprint density at radius 3 is 2.53 bits per heavy atom. The van der Waals surface area contributed by atoms with Crippen molar-refractivity contribution in [2.75, 3.05) is 5.73 Å². The number of nitrogen functional groups attached to an aromatic ring is 1. The monoisotopic (exact) mass is 266 g/mol. The van der Waals surface area contributed by atoms with Crippen molar-refractivity contribution in [1.82, 2.24) is 4.98 Å². The third-order valence-electron chi connectivity index (χ3n) is 3.04. The number of halogens is 2. The van der Waals surface area contributed by atoms with Crippen molar-refractivity contribution >= 4 is 16.6 Å². The Morgan fingerprint density at radius 2 is 1.95 bits per heavy atom. The van der Waals surface area contributed by atoms with Crippen LogP contribution in [-0.4, -0.2) is 11.6 Å². The summed E-state index contributed by atoms with van der Waals surface area (Å²) in [7, 11) is 0. The van der Waals surface area contributed by atoms with Gasteiger partial charge in [-0.2, -0.15) is 8.78 Å². The first-order valence-electron chi connectivity index (χ1n) is 6.05. The Bertz CT molecular complexity index is 612. The Hall–Kier alpha value is -1.91. The lowest BCUT2D eigenvalue weighted by Crippen LogP contribution is -2.06. The number of ether oxygens (including phenoxy) is 1. The van der Waals surface area contributed by atoms with Crippen molar-refractivity contribution in [3.05, 3.63) is 29.5 Å². The lowest BCUT2D eigenvalue weighted by Gasteiger charge is -2.16. The minimum Gasteiger partial charge on any atom is -0.432 e. The number of aryl methyl sites for hydroxylation is 1. The predicted molar refractivity (Wildman–Crippen MR) is 71.6 cm³/mol. The third kappa shape index (κ3) is 2.45. The number of benzene rings is 1. The number of pyridine rings is 1. The van der Waals surface area contributed by atoms with E-state index in [4.69, 9.17) is 5.73 Å². The van der Waals surface area contributed by atoms with Crippen LogP contribution < -0.4 is 10.5 Å². The first kappa shape index (κ1) is 13.5. The van der Waals surface area contributed by atoms with Gasteiger partial charge in [0.1, 0.15) is 5.52 Å². The van der Waals surface area contributed by atoms with Gasteiger partial charge in [0, 0.05) is 16.8 Å². The Morgan fingerprint density at radius 1 is 1.26 bits per heavy atom. The van der Waals surface area contributed by atoms with Crippen LogP contribution in [0.1, 0.15) is 31.0 Å². The summed E-state index contributed by atoms with van der Waals surface area (Å²) in [4.78, 5) is 4.37. The first-order valence-corrected chi connectivity index (χ1v) is 6.05. The topological polar surface area (TPSA) is 48.1 Å². The van der Waals surface area contributed by atoms with Crippen molar-refractivity contribution in [2.24, 2.45) is 0 Å². The molecule has 0 aliphatic rings. The molecule has 1 heterocycles. The molecule has 0 unspecified atom stereocenters. The highest BCUT2D eigenvalue weighted by atomic mass is 19.3. The fourth-order valence-corrected chi connectivity index (χ4v) is 2.34. The summed E-state index contributed by atoms with van der Waals surface area (Å²) >= 11 is 0. The number of nitrogens with two attached hydrogens (primary N) is 1. The molecule has 0 atom stereocenters. The van der Waals surface area contributed by atoms with Crippen LogP contribution in [0.2, 0.25) is 0 Å². The van der Waals surface area contributed by atoms with Gasteiger partial charge in [-0.3, -0.25) is 0 Å². The fourth-order valence-electron chi connectivity index (χ4n) is 2.34. The summed E-state index contributed by atoms with van der Waals surface area (Å²) in [6.07, 6.45) is 0. The summed E-state index contributed by atoms with van der Waals surface area (Å²) in [5, 5.41) is 0.646. The van der Waals surface area contributed by atoms with E-state index in [1.165, 1.54) is 6.07 Å². The Balaban J connectivity index is 2.72.